The zero-order valence-corrected chi connectivity index (χ0v) is 14.7. The number of hydrogen-bond acceptors (Lipinski definition) is 4. The molecule has 2 aromatic carbocycles. The van der Waals surface area contributed by atoms with E-state index >= 15 is 0 Å². The van der Waals surface area contributed by atoms with Gasteiger partial charge in [-0.2, -0.15) is 0 Å². The zero-order valence-electron chi connectivity index (χ0n) is 13.9. The van der Waals surface area contributed by atoms with Crippen molar-refractivity contribution in [1.82, 2.24) is 0 Å². The van der Waals surface area contributed by atoms with Crippen LogP contribution in [0, 0.1) is 11.6 Å². The van der Waals surface area contributed by atoms with Gasteiger partial charge in [-0.1, -0.05) is 17.7 Å². The first-order valence-electron chi connectivity index (χ1n) is 7.76. The Bertz CT molecular complexity index is 885. The van der Waals surface area contributed by atoms with Gasteiger partial charge in [-0.05, 0) is 32.0 Å². The molecule has 0 unspecified atom stereocenters. The molecule has 0 saturated carbocycles. The molecule has 0 bridgehead atoms. The molecule has 0 radical (unpaired) electrons. The lowest BCUT2D eigenvalue weighted by Crippen LogP contribution is -2.36. The number of benzene rings is 2. The van der Waals surface area contributed by atoms with Crippen LogP contribution in [-0.4, -0.2) is 28.7 Å². The van der Waals surface area contributed by atoms with Gasteiger partial charge in [0.15, 0.2) is 0 Å². The van der Waals surface area contributed by atoms with E-state index in [1.807, 2.05) is 0 Å². The fourth-order valence-electron chi connectivity index (χ4n) is 2.98. The van der Waals surface area contributed by atoms with Gasteiger partial charge in [0.25, 0.3) is 5.91 Å². The maximum absolute atomic E-state index is 14.4. The number of anilines is 1. The molecule has 0 aromatic heterocycles. The molecule has 0 atom stereocenters. The molecular formula is C17H15BClF2NO4. The Morgan fingerprint density at radius 2 is 2.00 bits per heavy atom. The average molecular weight is 382 g/mol. The summed E-state index contributed by atoms with van der Waals surface area (Å²) >= 11 is 5.90. The third-order valence-corrected chi connectivity index (χ3v) is 4.37. The third-order valence-electron chi connectivity index (χ3n) is 4.06. The Morgan fingerprint density at radius 3 is 2.62 bits per heavy atom. The number of carbonyl (C=O) groups excluding carboxylic acids is 1. The minimum Gasteiger partial charge on any atom is -0.486 e. The second-order valence-electron chi connectivity index (χ2n) is 6.59. The van der Waals surface area contributed by atoms with Crippen LogP contribution < -0.4 is 15.5 Å². The van der Waals surface area contributed by atoms with Crippen LogP contribution in [0.3, 0.4) is 0 Å². The number of fused-ring (bicyclic) bond motifs is 1. The van der Waals surface area contributed by atoms with Crippen molar-refractivity contribution >= 4 is 35.8 Å². The molecular weight excluding hydrogens is 366 g/mol. The maximum atomic E-state index is 14.4. The van der Waals surface area contributed by atoms with Crippen LogP contribution in [0.15, 0.2) is 24.3 Å². The molecule has 0 aliphatic carbocycles. The summed E-state index contributed by atoms with van der Waals surface area (Å²) in [5, 5.41) is 21.2. The lowest BCUT2D eigenvalue weighted by Gasteiger charge is -2.18. The molecule has 9 heteroatoms. The van der Waals surface area contributed by atoms with Gasteiger partial charge in [0.1, 0.15) is 23.0 Å². The minimum atomic E-state index is -2.06. The number of amides is 1. The molecule has 1 aliphatic rings. The van der Waals surface area contributed by atoms with Crippen molar-refractivity contribution in [2.24, 2.45) is 0 Å². The van der Waals surface area contributed by atoms with Gasteiger partial charge < -0.3 is 20.1 Å². The summed E-state index contributed by atoms with van der Waals surface area (Å²) in [5.74, 6) is -2.51. The van der Waals surface area contributed by atoms with Crippen molar-refractivity contribution in [3.05, 3.63) is 52.0 Å². The summed E-state index contributed by atoms with van der Waals surface area (Å²) in [6.07, 6.45) is 0.174. The number of nitrogens with one attached hydrogen (secondary N) is 1. The fourth-order valence-corrected chi connectivity index (χ4v) is 3.19. The summed E-state index contributed by atoms with van der Waals surface area (Å²) in [5.41, 5.74) is -1.35. The van der Waals surface area contributed by atoms with E-state index in [4.69, 9.17) is 16.3 Å². The number of rotatable bonds is 3. The first-order valence-corrected chi connectivity index (χ1v) is 8.14. The highest BCUT2D eigenvalue weighted by Gasteiger charge is 2.39. The topological polar surface area (TPSA) is 78.8 Å². The van der Waals surface area contributed by atoms with Gasteiger partial charge in [-0.15, -0.1) is 0 Å². The van der Waals surface area contributed by atoms with E-state index in [-0.39, 0.29) is 39.5 Å². The van der Waals surface area contributed by atoms with Crippen LogP contribution in [-0.2, 0) is 6.42 Å². The first kappa shape index (κ1) is 18.6. The van der Waals surface area contributed by atoms with Crippen LogP contribution in [0.5, 0.6) is 5.75 Å². The van der Waals surface area contributed by atoms with E-state index in [9.17, 15) is 23.6 Å². The van der Waals surface area contributed by atoms with Crippen molar-refractivity contribution in [2.45, 2.75) is 25.9 Å². The lowest BCUT2D eigenvalue weighted by molar-refractivity contribution is 0.101. The Morgan fingerprint density at radius 1 is 1.31 bits per heavy atom. The summed E-state index contributed by atoms with van der Waals surface area (Å²) in [6, 6.07) is 4.74. The standard InChI is InChI=1S/C17H15BClF2NO4/c1-17(2)7-9-13(18(24)25)12(21)6-8(15(9)26-17)16(23)22-14-10(19)4-3-5-11(14)20/h3-6,24-25H,7H2,1-2H3,(H,22,23). The van der Waals surface area contributed by atoms with Gasteiger partial charge in [0.2, 0.25) is 0 Å². The summed E-state index contributed by atoms with van der Waals surface area (Å²) in [6.45, 7) is 3.43. The van der Waals surface area contributed by atoms with Gasteiger partial charge in [0.05, 0.1) is 16.3 Å². The second-order valence-corrected chi connectivity index (χ2v) is 7.00. The molecule has 1 heterocycles. The van der Waals surface area contributed by atoms with E-state index in [1.54, 1.807) is 13.8 Å². The highest BCUT2D eigenvalue weighted by atomic mass is 35.5. The van der Waals surface area contributed by atoms with Crippen molar-refractivity contribution < 1.29 is 28.4 Å². The van der Waals surface area contributed by atoms with E-state index in [1.165, 1.54) is 12.1 Å². The van der Waals surface area contributed by atoms with E-state index < -0.39 is 30.3 Å². The molecule has 1 aliphatic heterocycles. The molecule has 3 N–H and O–H groups in total. The number of hydrogen-bond donors (Lipinski definition) is 3. The Labute approximate surface area is 153 Å². The van der Waals surface area contributed by atoms with Crippen LogP contribution in [0.2, 0.25) is 5.02 Å². The van der Waals surface area contributed by atoms with Crippen molar-refractivity contribution in [3.8, 4) is 5.75 Å². The monoisotopic (exact) mass is 381 g/mol. The molecule has 0 saturated heterocycles. The molecule has 0 fully saturated rings. The Kier molecular flexibility index (Phi) is 4.68. The maximum Gasteiger partial charge on any atom is 0.491 e. The molecule has 3 rings (SSSR count). The normalized spacial score (nSPS) is 14.6. The Balaban J connectivity index is 2.08. The van der Waals surface area contributed by atoms with E-state index in [0.29, 0.717) is 0 Å². The first-order chi connectivity index (χ1) is 12.1. The largest absolute Gasteiger partial charge is 0.491 e. The quantitative estimate of drug-likeness (QED) is 0.713. The van der Waals surface area contributed by atoms with Crippen LogP contribution in [0.25, 0.3) is 0 Å². The van der Waals surface area contributed by atoms with Gasteiger partial charge in [-0.25, -0.2) is 8.78 Å². The van der Waals surface area contributed by atoms with E-state index in [2.05, 4.69) is 5.32 Å². The lowest BCUT2D eigenvalue weighted by atomic mass is 9.74. The predicted molar refractivity (Wildman–Crippen MR) is 94.0 cm³/mol. The van der Waals surface area contributed by atoms with Crippen LogP contribution >= 0.6 is 11.6 Å². The second kappa shape index (κ2) is 6.53. The number of carbonyl (C=O) groups is 1. The molecule has 2 aromatic rings. The van der Waals surface area contributed by atoms with Gasteiger partial charge in [0, 0.05) is 17.4 Å². The Hall–Kier alpha value is -2.16. The fraction of sp³-hybridized carbons (Fsp3) is 0.235. The van der Waals surface area contributed by atoms with Crippen molar-refractivity contribution in [2.75, 3.05) is 5.32 Å². The minimum absolute atomic E-state index is 0.0147. The highest BCUT2D eigenvalue weighted by molar-refractivity contribution is 6.59. The zero-order chi connectivity index (χ0) is 19.2. The van der Waals surface area contributed by atoms with Crippen LogP contribution in [0.4, 0.5) is 14.5 Å². The third kappa shape index (κ3) is 3.27. The summed E-state index contributed by atoms with van der Waals surface area (Å²) in [4.78, 5) is 12.6. The number of halogens is 3. The smallest absolute Gasteiger partial charge is 0.486 e. The summed E-state index contributed by atoms with van der Waals surface area (Å²) in [7, 11) is -2.06. The van der Waals surface area contributed by atoms with Crippen LogP contribution in [0.1, 0.15) is 29.8 Å². The number of para-hydroxylation sites is 1. The number of ether oxygens (including phenoxy) is 1. The molecule has 136 valence electrons. The molecule has 0 spiro atoms. The molecule has 26 heavy (non-hydrogen) atoms. The van der Waals surface area contributed by atoms with Crippen molar-refractivity contribution in [3.63, 3.8) is 0 Å². The predicted octanol–water partition coefficient (Wildman–Crippen LogP) is 2.26. The molecule has 1 amide bonds. The van der Waals surface area contributed by atoms with Gasteiger partial charge >= 0.3 is 7.12 Å². The SMILES string of the molecule is CC1(C)Cc2c(c(C(=O)Nc3c(F)cccc3Cl)cc(F)c2B(O)O)O1. The van der Waals surface area contributed by atoms with E-state index in [0.717, 1.165) is 12.1 Å². The van der Waals surface area contributed by atoms with Gasteiger partial charge in [-0.3, -0.25) is 4.79 Å². The van der Waals surface area contributed by atoms with Crippen molar-refractivity contribution in [1.29, 1.82) is 0 Å². The highest BCUT2D eigenvalue weighted by Crippen LogP contribution is 2.38. The summed E-state index contributed by atoms with van der Waals surface area (Å²) < 4.78 is 34.0. The average Bonchev–Trinajstić information content (AvgIpc) is 2.84. The molecule has 5 nitrogen and oxygen atoms in total.